The fourth-order valence-corrected chi connectivity index (χ4v) is 3.10. The van der Waals surface area contributed by atoms with Gasteiger partial charge < -0.3 is 9.80 Å². The number of amides is 1. The lowest BCUT2D eigenvalue weighted by atomic mass is 9.87. The number of carbonyl (C=O) groups is 2. The van der Waals surface area contributed by atoms with Gasteiger partial charge in [-0.1, -0.05) is 0 Å². The number of nitrogens with zero attached hydrogens (tertiary/aromatic N) is 2. The number of piperidine rings is 2. The minimum Gasteiger partial charge on any atom is -0.330 e. The summed E-state index contributed by atoms with van der Waals surface area (Å²) in [5.74, 6) is 0.875. The molecule has 2 heterocycles. The van der Waals surface area contributed by atoms with Gasteiger partial charge in [-0.3, -0.25) is 9.59 Å². The second-order valence-corrected chi connectivity index (χ2v) is 6.78. The van der Waals surface area contributed by atoms with Crippen molar-refractivity contribution in [3.8, 4) is 0 Å². The van der Waals surface area contributed by atoms with E-state index in [9.17, 15) is 9.59 Å². The van der Waals surface area contributed by atoms with Crippen LogP contribution in [0.2, 0.25) is 0 Å². The molecule has 0 spiro atoms. The van der Waals surface area contributed by atoms with E-state index in [0.717, 1.165) is 32.4 Å². The van der Waals surface area contributed by atoms with Crippen molar-refractivity contribution in [1.29, 1.82) is 0 Å². The van der Waals surface area contributed by atoms with Gasteiger partial charge in [0.25, 0.3) is 0 Å². The van der Waals surface area contributed by atoms with Crippen molar-refractivity contribution >= 4 is 11.7 Å². The first kappa shape index (κ1) is 14.5. The molecule has 0 aromatic heterocycles. The van der Waals surface area contributed by atoms with Crippen LogP contribution >= 0.6 is 0 Å². The van der Waals surface area contributed by atoms with Gasteiger partial charge in [-0.05, 0) is 59.2 Å². The first-order chi connectivity index (χ1) is 8.88. The van der Waals surface area contributed by atoms with Gasteiger partial charge in [-0.15, -0.1) is 0 Å². The summed E-state index contributed by atoms with van der Waals surface area (Å²) in [6.45, 7) is 6.64. The van der Waals surface area contributed by atoms with Crippen LogP contribution in [0.15, 0.2) is 0 Å². The quantitative estimate of drug-likeness (QED) is 0.763. The highest BCUT2D eigenvalue weighted by Gasteiger charge is 2.37. The molecule has 0 atom stereocenters. The lowest BCUT2D eigenvalue weighted by Crippen LogP contribution is -2.54. The van der Waals surface area contributed by atoms with Crippen LogP contribution in [0.3, 0.4) is 0 Å². The molecule has 0 aromatic carbocycles. The summed E-state index contributed by atoms with van der Waals surface area (Å²) in [7, 11) is 2.13. The largest absolute Gasteiger partial charge is 0.330 e. The van der Waals surface area contributed by atoms with Crippen LogP contribution in [0, 0.1) is 5.92 Å². The number of hydrogen-bond acceptors (Lipinski definition) is 3. The standard InChI is InChI=1S/C15H26N2O2/c1-15(2)7-4-13(18)11-17(15)14(19)10-12-5-8-16(3)9-6-12/h12H,4-11H2,1-3H3. The zero-order chi connectivity index (χ0) is 14.0. The number of Topliss-reactive ketones (excluding diaryl/α,β-unsaturated/α-hetero) is 1. The molecule has 4 heteroatoms. The van der Waals surface area contributed by atoms with Crippen LogP contribution < -0.4 is 0 Å². The van der Waals surface area contributed by atoms with Gasteiger partial charge in [0.15, 0.2) is 5.78 Å². The lowest BCUT2D eigenvalue weighted by molar-refractivity contribution is -0.145. The SMILES string of the molecule is CN1CCC(CC(=O)N2CC(=O)CCC2(C)C)CC1. The summed E-state index contributed by atoms with van der Waals surface area (Å²) in [6.07, 6.45) is 4.23. The second-order valence-electron chi connectivity index (χ2n) is 6.78. The van der Waals surface area contributed by atoms with E-state index in [-0.39, 0.29) is 17.2 Å². The molecule has 0 unspecified atom stereocenters. The maximum absolute atomic E-state index is 12.5. The van der Waals surface area contributed by atoms with Crippen LogP contribution in [-0.4, -0.2) is 53.7 Å². The van der Waals surface area contributed by atoms with Crippen molar-refractivity contribution in [1.82, 2.24) is 9.80 Å². The van der Waals surface area contributed by atoms with Gasteiger partial charge in [0.05, 0.1) is 6.54 Å². The molecule has 0 bridgehead atoms. The average molecular weight is 266 g/mol. The molecule has 2 rings (SSSR count). The zero-order valence-electron chi connectivity index (χ0n) is 12.4. The molecule has 0 aromatic rings. The summed E-state index contributed by atoms with van der Waals surface area (Å²) in [6, 6.07) is 0. The molecule has 2 fully saturated rings. The fourth-order valence-electron chi connectivity index (χ4n) is 3.10. The molecular weight excluding hydrogens is 240 g/mol. The van der Waals surface area contributed by atoms with Crippen LogP contribution in [0.25, 0.3) is 0 Å². The molecule has 2 aliphatic heterocycles. The number of carbonyl (C=O) groups excluding carboxylic acids is 2. The molecule has 2 aliphatic rings. The molecule has 108 valence electrons. The van der Waals surface area contributed by atoms with E-state index in [1.807, 2.05) is 4.90 Å². The van der Waals surface area contributed by atoms with Gasteiger partial charge in [-0.25, -0.2) is 0 Å². The van der Waals surface area contributed by atoms with Gasteiger partial charge in [0, 0.05) is 18.4 Å². The highest BCUT2D eigenvalue weighted by Crippen LogP contribution is 2.28. The number of ketones is 1. The smallest absolute Gasteiger partial charge is 0.223 e. The van der Waals surface area contributed by atoms with Crippen LogP contribution in [0.4, 0.5) is 0 Å². The Hall–Kier alpha value is -0.900. The van der Waals surface area contributed by atoms with E-state index in [1.54, 1.807) is 0 Å². The normalized spacial score (nSPS) is 25.6. The first-order valence-corrected chi connectivity index (χ1v) is 7.39. The summed E-state index contributed by atoms with van der Waals surface area (Å²) in [4.78, 5) is 28.2. The average Bonchev–Trinajstić information content (AvgIpc) is 2.35. The third-order valence-electron chi connectivity index (χ3n) is 4.68. The molecule has 2 saturated heterocycles. The highest BCUT2D eigenvalue weighted by atomic mass is 16.2. The number of rotatable bonds is 2. The highest BCUT2D eigenvalue weighted by molar-refractivity contribution is 5.88. The molecule has 1 amide bonds. The topological polar surface area (TPSA) is 40.6 Å². The Kier molecular flexibility index (Phi) is 4.29. The summed E-state index contributed by atoms with van der Waals surface area (Å²) < 4.78 is 0. The van der Waals surface area contributed by atoms with Gasteiger partial charge in [0.2, 0.25) is 5.91 Å². The van der Waals surface area contributed by atoms with Gasteiger partial charge >= 0.3 is 0 Å². The molecule has 19 heavy (non-hydrogen) atoms. The number of hydrogen-bond donors (Lipinski definition) is 0. The van der Waals surface area contributed by atoms with Gasteiger partial charge in [0.1, 0.15) is 0 Å². The predicted molar refractivity (Wildman–Crippen MR) is 74.9 cm³/mol. The Morgan fingerprint density at radius 1 is 1.32 bits per heavy atom. The summed E-state index contributed by atoms with van der Waals surface area (Å²) in [5, 5.41) is 0. The van der Waals surface area contributed by atoms with E-state index in [2.05, 4.69) is 25.8 Å². The maximum Gasteiger partial charge on any atom is 0.223 e. The van der Waals surface area contributed by atoms with Crippen molar-refractivity contribution in [3.63, 3.8) is 0 Å². The molecular formula is C15H26N2O2. The maximum atomic E-state index is 12.5. The Morgan fingerprint density at radius 3 is 2.58 bits per heavy atom. The Bertz CT molecular complexity index is 357. The van der Waals surface area contributed by atoms with Crippen molar-refractivity contribution in [2.24, 2.45) is 5.92 Å². The van der Waals surface area contributed by atoms with Crippen molar-refractivity contribution in [2.75, 3.05) is 26.7 Å². The van der Waals surface area contributed by atoms with Crippen LogP contribution in [0.5, 0.6) is 0 Å². The fraction of sp³-hybridized carbons (Fsp3) is 0.867. The third-order valence-corrected chi connectivity index (χ3v) is 4.68. The molecule has 0 saturated carbocycles. The van der Waals surface area contributed by atoms with Crippen molar-refractivity contribution < 1.29 is 9.59 Å². The van der Waals surface area contributed by atoms with E-state index in [0.29, 0.717) is 25.3 Å². The minimum atomic E-state index is -0.156. The van der Waals surface area contributed by atoms with E-state index in [1.165, 1.54) is 0 Å². The van der Waals surface area contributed by atoms with E-state index >= 15 is 0 Å². The van der Waals surface area contributed by atoms with Crippen molar-refractivity contribution in [2.45, 2.75) is 51.5 Å². The first-order valence-electron chi connectivity index (χ1n) is 7.39. The Balaban J connectivity index is 1.93. The Morgan fingerprint density at radius 2 is 1.95 bits per heavy atom. The molecule has 0 radical (unpaired) electrons. The second kappa shape index (κ2) is 5.61. The van der Waals surface area contributed by atoms with E-state index < -0.39 is 0 Å². The third kappa shape index (κ3) is 3.56. The molecule has 4 nitrogen and oxygen atoms in total. The monoisotopic (exact) mass is 266 g/mol. The molecule has 0 N–H and O–H groups in total. The van der Waals surface area contributed by atoms with E-state index in [4.69, 9.17) is 0 Å². The van der Waals surface area contributed by atoms with Crippen LogP contribution in [0.1, 0.15) is 46.0 Å². The van der Waals surface area contributed by atoms with Crippen LogP contribution in [-0.2, 0) is 9.59 Å². The predicted octanol–water partition coefficient (Wildman–Crippen LogP) is 1.69. The Labute approximate surface area is 116 Å². The minimum absolute atomic E-state index is 0.156. The number of likely N-dealkylation sites (tertiary alicyclic amines) is 2. The molecule has 0 aliphatic carbocycles. The summed E-state index contributed by atoms with van der Waals surface area (Å²) >= 11 is 0. The van der Waals surface area contributed by atoms with Crippen molar-refractivity contribution in [3.05, 3.63) is 0 Å². The summed E-state index contributed by atoms with van der Waals surface area (Å²) in [5.41, 5.74) is -0.156. The van der Waals surface area contributed by atoms with Gasteiger partial charge in [-0.2, -0.15) is 0 Å². The zero-order valence-corrected chi connectivity index (χ0v) is 12.4. The lowest BCUT2D eigenvalue weighted by Gasteiger charge is -2.42.